The monoisotopic (exact) mass is 264 g/mol. The Balaban J connectivity index is 2.45. The third-order valence-electron chi connectivity index (χ3n) is 2.28. The van der Waals surface area contributed by atoms with Gasteiger partial charge in [0.05, 0.1) is 0 Å². The van der Waals surface area contributed by atoms with Crippen molar-refractivity contribution in [3.63, 3.8) is 0 Å². The summed E-state index contributed by atoms with van der Waals surface area (Å²) in [4.78, 5) is 10.6. The van der Waals surface area contributed by atoms with Crippen LogP contribution in [0.25, 0.3) is 6.08 Å². The van der Waals surface area contributed by atoms with Crippen molar-refractivity contribution in [3.05, 3.63) is 35.9 Å². The van der Waals surface area contributed by atoms with Crippen molar-refractivity contribution in [2.24, 2.45) is 0 Å². The molecule has 0 saturated heterocycles. The fourth-order valence-corrected chi connectivity index (χ4v) is 1.47. The average Bonchev–Trinajstić information content (AvgIpc) is 2.36. The van der Waals surface area contributed by atoms with Crippen molar-refractivity contribution < 1.29 is 19.0 Å². The fraction of sp³-hybridized carbons (Fsp3) is 0.400. The Labute approximate surface area is 114 Å². The van der Waals surface area contributed by atoms with Crippen molar-refractivity contribution >= 4 is 12.0 Å². The maximum absolute atomic E-state index is 10.6. The van der Waals surface area contributed by atoms with Gasteiger partial charge >= 0.3 is 5.97 Å². The number of esters is 1. The number of rotatable bonds is 7. The molecule has 0 aliphatic rings. The van der Waals surface area contributed by atoms with Crippen molar-refractivity contribution in [2.75, 3.05) is 13.2 Å². The molecule has 0 spiro atoms. The quantitative estimate of drug-likeness (QED) is 0.561. The van der Waals surface area contributed by atoms with Crippen LogP contribution in [0.3, 0.4) is 0 Å². The number of hydrogen-bond donors (Lipinski definition) is 0. The third-order valence-corrected chi connectivity index (χ3v) is 2.28. The summed E-state index contributed by atoms with van der Waals surface area (Å²) < 4.78 is 15.6. The van der Waals surface area contributed by atoms with E-state index in [4.69, 9.17) is 14.2 Å². The molecule has 1 atom stereocenters. The molecule has 0 N–H and O–H groups in total. The van der Waals surface area contributed by atoms with Crippen LogP contribution < -0.4 is 4.74 Å². The lowest BCUT2D eigenvalue weighted by molar-refractivity contribution is -0.139. The van der Waals surface area contributed by atoms with Gasteiger partial charge in [-0.15, -0.1) is 0 Å². The molecular formula is C15H20O4. The molecule has 0 saturated carbocycles. The van der Waals surface area contributed by atoms with Crippen LogP contribution in [0.2, 0.25) is 0 Å². The molecule has 0 aliphatic carbocycles. The van der Waals surface area contributed by atoms with E-state index in [1.807, 2.05) is 44.2 Å². The normalized spacial score (nSPS) is 12.4. The Morgan fingerprint density at radius 2 is 2.00 bits per heavy atom. The summed E-state index contributed by atoms with van der Waals surface area (Å²) in [6, 6.07) is 7.61. The number of benzene rings is 1. The lowest BCUT2D eigenvalue weighted by Crippen LogP contribution is -2.15. The maximum atomic E-state index is 10.6. The van der Waals surface area contributed by atoms with E-state index in [0.717, 1.165) is 11.3 Å². The van der Waals surface area contributed by atoms with Gasteiger partial charge in [-0.05, 0) is 37.6 Å². The first kappa shape index (κ1) is 15.2. The highest BCUT2D eigenvalue weighted by Gasteiger charge is 2.01. The fourth-order valence-electron chi connectivity index (χ4n) is 1.47. The summed E-state index contributed by atoms with van der Waals surface area (Å²) in [7, 11) is 0. The predicted molar refractivity (Wildman–Crippen MR) is 73.8 cm³/mol. The lowest BCUT2D eigenvalue weighted by atomic mass is 10.2. The second kappa shape index (κ2) is 8.32. The first-order chi connectivity index (χ1) is 9.11. The van der Waals surface area contributed by atoms with Gasteiger partial charge in [-0.25, -0.2) is 0 Å². The molecule has 1 aromatic rings. The van der Waals surface area contributed by atoms with Crippen LogP contribution in [0.15, 0.2) is 30.3 Å². The average molecular weight is 264 g/mol. The Hall–Kier alpha value is -1.81. The third kappa shape index (κ3) is 6.62. The second-order valence-electron chi connectivity index (χ2n) is 3.91. The topological polar surface area (TPSA) is 44.8 Å². The van der Waals surface area contributed by atoms with E-state index in [9.17, 15) is 4.79 Å². The molecule has 0 heterocycles. The molecule has 4 heteroatoms. The van der Waals surface area contributed by atoms with Crippen LogP contribution in [0.5, 0.6) is 5.75 Å². The second-order valence-corrected chi connectivity index (χ2v) is 3.91. The molecule has 0 aromatic heterocycles. The van der Waals surface area contributed by atoms with Gasteiger partial charge in [0.25, 0.3) is 0 Å². The van der Waals surface area contributed by atoms with E-state index in [2.05, 4.69) is 0 Å². The van der Waals surface area contributed by atoms with Crippen molar-refractivity contribution in [1.29, 1.82) is 0 Å². The van der Waals surface area contributed by atoms with Crippen molar-refractivity contribution in [3.8, 4) is 5.75 Å². The van der Waals surface area contributed by atoms with Gasteiger partial charge in [0, 0.05) is 13.5 Å². The summed E-state index contributed by atoms with van der Waals surface area (Å²) >= 11 is 0. The number of carbonyl (C=O) groups excluding carboxylic acids is 1. The van der Waals surface area contributed by atoms with Gasteiger partial charge in [-0.3, -0.25) is 4.79 Å². The van der Waals surface area contributed by atoms with E-state index >= 15 is 0 Å². The summed E-state index contributed by atoms with van der Waals surface area (Å²) in [5.74, 6) is 0.483. The minimum absolute atomic E-state index is 0.254. The molecule has 0 fully saturated rings. The number of hydrogen-bond acceptors (Lipinski definition) is 4. The Kier molecular flexibility index (Phi) is 6.68. The highest BCUT2D eigenvalue weighted by Crippen LogP contribution is 2.15. The summed E-state index contributed by atoms with van der Waals surface area (Å²) in [5, 5.41) is 0. The van der Waals surface area contributed by atoms with Crippen LogP contribution in [-0.4, -0.2) is 25.5 Å². The zero-order valence-electron chi connectivity index (χ0n) is 11.6. The van der Waals surface area contributed by atoms with Crippen LogP contribution in [0.4, 0.5) is 0 Å². The summed E-state index contributed by atoms with van der Waals surface area (Å²) in [6.07, 6.45) is 3.43. The Morgan fingerprint density at radius 1 is 1.32 bits per heavy atom. The highest BCUT2D eigenvalue weighted by atomic mass is 16.7. The molecule has 4 nitrogen and oxygen atoms in total. The molecule has 104 valence electrons. The Bertz CT molecular complexity index is 409. The smallest absolute Gasteiger partial charge is 0.302 e. The standard InChI is InChI=1S/C15H20O4/c1-4-17-13(3)19-15-9-7-14(8-10-15)6-5-11-18-12(2)16/h5-10,13H,4,11H2,1-3H3/b6-5+. The van der Waals surface area contributed by atoms with Crippen LogP contribution in [-0.2, 0) is 14.3 Å². The maximum Gasteiger partial charge on any atom is 0.302 e. The largest absolute Gasteiger partial charge is 0.465 e. The number of carbonyl (C=O) groups is 1. The van der Waals surface area contributed by atoms with Crippen molar-refractivity contribution in [1.82, 2.24) is 0 Å². The van der Waals surface area contributed by atoms with E-state index in [1.54, 1.807) is 6.08 Å². The molecule has 0 radical (unpaired) electrons. The SMILES string of the molecule is CCOC(C)Oc1ccc(/C=C/COC(C)=O)cc1. The molecule has 1 aromatic carbocycles. The van der Waals surface area contributed by atoms with Gasteiger partial charge in [0.1, 0.15) is 12.4 Å². The molecule has 0 amide bonds. The van der Waals surface area contributed by atoms with Crippen molar-refractivity contribution in [2.45, 2.75) is 27.1 Å². The Morgan fingerprint density at radius 3 is 2.58 bits per heavy atom. The number of ether oxygens (including phenoxy) is 3. The van der Waals surface area contributed by atoms with Crippen LogP contribution >= 0.6 is 0 Å². The minimum atomic E-state index is -0.279. The summed E-state index contributed by atoms with van der Waals surface area (Å²) in [5.41, 5.74) is 1.02. The van der Waals surface area contributed by atoms with E-state index in [0.29, 0.717) is 6.61 Å². The van der Waals surface area contributed by atoms with Crippen LogP contribution in [0, 0.1) is 0 Å². The zero-order chi connectivity index (χ0) is 14.1. The van der Waals surface area contributed by atoms with E-state index in [1.165, 1.54) is 6.92 Å². The molecule has 19 heavy (non-hydrogen) atoms. The van der Waals surface area contributed by atoms with E-state index in [-0.39, 0.29) is 18.9 Å². The molecule has 0 aliphatic heterocycles. The van der Waals surface area contributed by atoms with E-state index < -0.39 is 0 Å². The molecule has 0 bridgehead atoms. The lowest BCUT2D eigenvalue weighted by Gasteiger charge is -2.14. The molecule has 1 unspecified atom stereocenters. The first-order valence-electron chi connectivity index (χ1n) is 6.30. The predicted octanol–water partition coefficient (Wildman–Crippen LogP) is 3.02. The van der Waals surface area contributed by atoms with Gasteiger partial charge < -0.3 is 14.2 Å². The first-order valence-corrected chi connectivity index (χ1v) is 6.30. The van der Waals surface area contributed by atoms with Crippen LogP contribution in [0.1, 0.15) is 26.3 Å². The minimum Gasteiger partial charge on any atom is -0.465 e. The van der Waals surface area contributed by atoms with Gasteiger partial charge in [0.2, 0.25) is 0 Å². The zero-order valence-corrected chi connectivity index (χ0v) is 11.6. The van der Waals surface area contributed by atoms with Gasteiger partial charge in [-0.2, -0.15) is 0 Å². The molecule has 1 rings (SSSR count). The molecular weight excluding hydrogens is 244 g/mol. The van der Waals surface area contributed by atoms with Gasteiger partial charge in [0.15, 0.2) is 6.29 Å². The van der Waals surface area contributed by atoms with Gasteiger partial charge in [-0.1, -0.05) is 18.2 Å². The summed E-state index contributed by atoms with van der Waals surface area (Å²) in [6.45, 7) is 6.08. The highest BCUT2D eigenvalue weighted by molar-refractivity contribution is 5.66.